The van der Waals surface area contributed by atoms with Gasteiger partial charge in [-0.25, -0.2) is 18.7 Å². The molecule has 0 saturated heterocycles. The van der Waals surface area contributed by atoms with Crippen LogP contribution in [0.4, 0.5) is 26.1 Å². The third-order valence-electron chi connectivity index (χ3n) is 3.50. The number of benzene rings is 2. The number of hydrogen-bond donors (Lipinski definition) is 2. The van der Waals surface area contributed by atoms with Crippen molar-refractivity contribution < 1.29 is 18.3 Å². The van der Waals surface area contributed by atoms with E-state index in [9.17, 15) is 13.6 Å². The lowest BCUT2D eigenvalue weighted by molar-refractivity contribution is 0.102. The number of anilines is 3. The van der Waals surface area contributed by atoms with E-state index in [0.29, 0.717) is 18.0 Å². The summed E-state index contributed by atoms with van der Waals surface area (Å²) in [5, 5.41) is 5.34. The van der Waals surface area contributed by atoms with Crippen LogP contribution in [-0.2, 0) is 0 Å². The summed E-state index contributed by atoms with van der Waals surface area (Å²) in [4.78, 5) is 20.5. The number of amides is 1. The van der Waals surface area contributed by atoms with Gasteiger partial charge in [-0.15, -0.1) is 0 Å². The zero-order chi connectivity index (χ0) is 19.2. The van der Waals surface area contributed by atoms with Gasteiger partial charge in [-0.05, 0) is 37.3 Å². The number of para-hydroxylation sites is 2. The lowest BCUT2D eigenvalue weighted by atomic mass is 10.2. The molecule has 1 amide bonds. The molecule has 0 saturated carbocycles. The summed E-state index contributed by atoms with van der Waals surface area (Å²) in [6.45, 7) is 2.30. The maximum absolute atomic E-state index is 13.7. The third kappa shape index (κ3) is 4.55. The van der Waals surface area contributed by atoms with Crippen LogP contribution in [0.15, 0.2) is 54.7 Å². The average molecular weight is 370 g/mol. The van der Waals surface area contributed by atoms with Crippen LogP contribution in [0, 0.1) is 11.6 Å². The lowest BCUT2D eigenvalue weighted by Crippen LogP contribution is -2.15. The van der Waals surface area contributed by atoms with Gasteiger partial charge in [0.05, 0.1) is 18.0 Å². The molecule has 3 rings (SSSR count). The number of carbonyl (C=O) groups is 1. The smallest absolute Gasteiger partial charge is 0.274 e. The number of ether oxygens (including phenoxy) is 1. The van der Waals surface area contributed by atoms with Gasteiger partial charge < -0.3 is 15.4 Å². The van der Waals surface area contributed by atoms with E-state index >= 15 is 0 Å². The summed E-state index contributed by atoms with van der Waals surface area (Å²) < 4.78 is 32.2. The first-order chi connectivity index (χ1) is 13.1. The van der Waals surface area contributed by atoms with Crippen molar-refractivity contribution in [2.75, 3.05) is 17.2 Å². The van der Waals surface area contributed by atoms with Crippen LogP contribution >= 0.6 is 0 Å². The first-order valence-electron chi connectivity index (χ1n) is 8.15. The summed E-state index contributed by atoms with van der Waals surface area (Å²) in [5.41, 5.74) is 0.569. The van der Waals surface area contributed by atoms with Gasteiger partial charge in [0.25, 0.3) is 5.91 Å². The molecule has 27 heavy (non-hydrogen) atoms. The van der Waals surface area contributed by atoms with Gasteiger partial charge in [0.2, 0.25) is 5.95 Å². The minimum Gasteiger partial charge on any atom is -0.492 e. The fourth-order valence-electron chi connectivity index (χ4n) is 2.29. The number of hydrogen-bond acceptors (Lipinski definition) is 5. The SMILES string of the molecule is CCOc1ccccc1NC(=O)c1ccnc(Nc2ccc(F)cc2F)n1. The summed E-state index contributed by atoms with van der Waals surface area (Å²) in [6.07, 6.45) is 1.36. The lowest BCUT2D eigenvalue weighted by Gasteiger charge is -2.11. The second-order valence-corrected chi connectivity index (χ2v) is 5.40. The minimum atomic E-state index is -0.793. The van der Waals surface area contributed by atoms with Gasteiger partial charge >= 0.3 is 0 Å². The van der Waals surface area contributed by atoms with Crippen LogP contribution < -0.4 is 15.4 Å². The number of halogens is 2. The Kier molecular flexibility index (Phi) is 5.55. The molecule has 138 valence electrons. The van der Waals surface area contributed by atoms with E-state index < -0.39 is 17.5 Å². The predicted octanol–water partition coefficient (Wildman–Crippen LogP) is 4.15. The molecule has 0 radical (unpaired) electrons. The van der Waals surface area contributed by atoms with E-state index in [1.807, 2.05) is 6.92 Å². The Labute approximate surface area is 154 Å². The highest BCUT2D eigenvalue weighted by atomic mass is 19.1. The van der Waals surface area contributed by atoms with Crippen molar-refractivity contribution in [1.82, 2.24) is 9.97 Å². The fraction of sp³-hybridized carbons (Fsp3) is 0.105. The van der Waals surface area contributed by atoms with Crippen LogP contribution in [0.1, 0.15) is 17.4 Å². The van der Waals surface area contributed by atoms with Crippen LogP contribution in [0.3, 0.4) is 0 Å². The number of nitrogens with zero attached hydrogens (tertiary/aromatic N) is 2. The number of nitrogens with one attached hydrogen (secondary N) is 2. The minimum absolute atomic E-state index is 0.00403. The van der Waals surface area contributed by atoms with Crippen molar-refractivity contribution in [2.24, 2.45) is 0 Å². The first-order valence-corrected chi connectivity index (χ1v) is 8.15. The molecule has 0 fully saturated rings. The van der Waals surface area contributed by atoms with Gasteiger partial charge in [-0.2, -0.15) is 0 Å². The Morgan fingerprint density at radius 1 is 1.11 bits per heavy atom. The van der Waals surface area contributed by atoms with E-state index in [1.165, 1.54) is 18.3 Å². The van der Waals surface area contributed by atoms with Crippen LogP contribution in [0.5, 0.6) is 5.75 Å². The molecule has 1 aromatic heterocycles. The largest absolute Gasteiger partial charge is 0.492 e. The van der Waals surface area contributed by atoms with E-state index in [-0.39, 0.29) is 17.3 Å². The highest BCUT2D eigenvalue weighted by Crippen LogP contribution is 2.24. The Morgan fingerprint density at radius 2 is 1.93 bits per heavy atom. The van der Waals surface area contributed by atoms with E-state index in [1.54, 1.807) is 24.3 Å². The maximum Gasteiger partial charge on any atom is 0.274 e. The molecule has 0 unspecified atom stereocenters. The second kappa shape index (κ2) is 8.22. The molecule has 0 aliphatic rings. The Morgan fingerprint density at radius 3 is 2.70 bits per heavy atom. The molecule has 8 heteroatoms. The first kappa shape index (κ1) is 18.2. The second-order valence-electron chi connectivity index (χ2n) is 5.40. The van der Waals surface area contributed by atoms with Gasteiger partial charge in [0.1, 0.15) is 23.1 Å². The third-order valence-corrected chi connectivity index (χ3v) is 3.50. The van der Waals surface area contributed by atoms with Crippen molar-refractivity contribution in [2.45, 2.75) is 6.92 Å². The standard InChI is InChI=1S/C19H16F2N4O2/c1-2-27-17-6-4-3-5-15(17)23-18(26)16-9-10-22-19(25-16)24-14-8-7-12(20)11-13(14)21/h3-11H,2H2,1H3,(H,23,26)(H,22,24,25). The highest BCUT2D eigenvalue weighted by molar-refractivity contribution is 6.03. The zero-order valence-corrected chi connectivity index (χ0v) is 14.4. The molecular weight excluding hydrogens is 354 g/mol. The van der Waals surface area contributed by atoms with Gasteiger partial charge in [0.15, 0.2) is 0 Å². The molecule has 2 aromatic carbocycles. The van der Waals surface area contributed by atoms with E-state index in [4.69, 9.17) is 4.74 Å². The quantitative estimate of drug-likeness (QED) is 0.682. The van der Waals surface area contributed by atoms with Gasteiger partial charge in [0, 0.05) is 12.3 Å². The van der Waals surface area contributed by atoms with Crippen LogP contribution in [0.2, 0.25) is 0 Å². The van der Waals surface area contributed by atoms with Crippen molar-refractivity contribution in [1.29, 1.82) is 0 Å². The van der Waals surface area contributed by atoms with Crippen molar-refractivity contribution in [3.63, 3.8) is 0 Å². The monoisotopic (exact) mass is 370 g/mol. The van der Waals surface area contributed by atoms with Crippen molar-refractivity contribution in [3.05, 3.63) is 72.1 Å². The normalized spacial score (nSPS) is 10.3. The maximum atomic E-state index is 13.7. The van der Waals surface area contributed by atoms with Crippen LogP contribution in [0.25, 0.3) is 0 Å². The van der Waals surface area contributed by atoms with Crippen molar-refractivity contribution in [3.8, 4) is 5.75 Å². The number of aromatic nitrogens is 2. The molecular formula is C19H16F2N4O2. The molecule has 6 nitrogen and oxygen atoms in total. The summed E-state index contributed by atoms with van der Waals surface area (Å²) in [5.74, 6) is -1.42. The topological polar surface area (TPSA) is 76.1 Å². The molecule has 0 bridgehead atoms. The average Bonchev–Trinajstić information content (AvgIpc) is 2.66. The summed E-state index contributed by atoms with van der Waals surface area (Å²) >= 11 is 0. The number of rotatable bonds is 6. The van der Waals surface area contributed by atoms with Crippen LogP contribution in [-0.4, -0.2) is 22.5 Å². The predicted molar refractivity (Wildman–Crippen MR) is 97.2 cm³/mol. The molecule has 0 atom stereocenters. The van der Waals surface area contributed by atoms with E-state index in [2.05, 4.69) is 20.6 Å². The molecule has 0 spiro atoms. The Balaban J connectivity index is 1.78. The molecule has 1 heterocycles. The molecule has 0 aliphatic carbocycles. The fourth-order valence-corrected chi connectivity index (χ4v) is 2.29. The highest BCUT2D eigenvalue weighted by Gasteiger charge is 2.13. The van der Waals surface area contributed by atoms with Gasteiger partial charge in [-0.3, -0.25) is 4.79 Å². The Bertz CT molecular complexity index is 966. The molecule has 0 aliphatic heterocycles. The van der Waals surface area contributed by atoms with E-state index in [0.717, 1.165) is 12.1 Å². The summed E-state index contributed by atoms with van der Waals surface area (Å²) in [7, 11) is 0. The van der Waals surface area contributed by atoms with Gasteiger partial charge in [-0.1, -0.05) is 12.1 Å². The molecule has 3 aromatic rings. The Hall–Kier alpha value is -3.55. The summed E-state index contributed by atoms with van der Waals surface area (Å²) in [6, 6.07) is 11.5. The zero-order valence-electron chi connectivity index (χ0n) is 14.4. The molecule has 2 N–H and O–H groups in total. The number of carbonyl (C=O) groups excluding carboxylic acids is 1. The van der Waals surface area contributed by atoms with Crippen molar-refractivity contribution >= 4 is 23.2 Å².